The molecule has 1 atom stereocenters. The molecule has 1 heterocycles. The minimum Gasteiger partial charge on any atom is -0.381 e. The predicted octanol–water partition coefficient (Wildman–Crippen LogP) is 1.89. The van der Waals surface area contributed by atoms with Crippen LogP contribution in [0.25, 0.3) is 0 Å². The zero-order valence-electron chi connectivity index (χ0n) is 14.7. The Labute approximate surface area is 148 Å². The molecule has 1 saturated carbocycles. The molecule has 3 N–H and O–H groups in total. The Morgan fingerprint density at radius 3 is 2.40 bits per heavy atom. The van der Waals surface area contributed by atoms with Gasteiger partial charge in [0, 0.05) is 38.4 Å². The summed E-state index contributed by atoms with van der Waals surface area (Å²) < 4.78 is 5.32. The van der Waals surface area contributed by atoms with Crippen molar-refractivity contribution in [2.45, 2.75) is 51.2 Å². The molecule has 136 valence electrons. The SMILES string of the molecule is CC(=O)N(Cc1ccc(NC(=O)C(N)C2CCOCC2)cc1)C1CC1. The van der Waals surface area contributed by atoms with Crippen molar-refractivity contribution in [2.24, 2.45) is 11.7 Å². The topological polar surface area (TPSA) is 84.7 Å². The zero-order chi connectivity index (χ0) is 17.8. The molecule has 3 rings (SSSR count). The quantitative estimate of drug-likeness (QED) is 0.824. The number of carbonyl (C=O) groups excluding carboxylic acids is 2. The largest absolute Gasteiger partial charge is 0.381 e. The van der Waals surface area contributed by atoms with Gasteiger partial charge in [-0.15, -0.1) is 0 Å². The predicted molar refractivity (Wildman–Crippen MR) is 95.8 cm³/mol. The Morgan fingerprint density at radius 1 is 1.20 bits per heavy atom. The van der Waals surface area contributed by atoms with Gasteiger partial charge in [-0.05, 0) is 49.3 Å². The van der Waals surface area contributed by atoms with Crippen molar-refractivity contribution < 1.29 is 14.3 Å². The van der Waals surface area contributed by atoms with E-state index in [-0.39, 0.29) is 17.7 Å². The fraction of sp³-hybridized carbons (Fsp3) is 0.579. The Balaban J connectivity index is 1.54. The molecule has 25 heavy (non-hydrogen) atoms. The number of carbonyl (C=O) groups is 2. The normalized spacial score (nSPS) is 19.3. The molecule has 1 saturated heterocycles. The van der Waals surface area contributed by atoms with Gasteiger partial charge >= 0.3 is 0 Å². The van der Waals surface area contributed by atoms with Gasteiger partial charge in [-0.2, -0.15) is 0 Å². The molecule has 2 fully saturated rings. The van der Waals surface area contributed by atoms with Crippen molar-refractivity contribution in [3.05, 3.63) is 29.8 Å². The molecule has 0 bridgehead atoms. The maximum Gasteiger partial charge on any atom is 0.241 e. The number of nitrogens with zero attached hydrogens (tertiary/aromatic N) is 1. The second kappa shape index (κ2) is 7.97. The first-order valence-electron chi connectivity index (χ1n) is 9.05. The highest BCUT2D eigenvalue weighted by atomic mass is 16.5. The highest BCUT2D eigenvalue weighted by Crippen LogP contribution is 2.28. The number of hydrogen-bond acceptors (Lipinski definition) is 4. The van der Waals surface area contributed by atoms with Crippen LogP contribution in [0.15, 0.2) is 24.3 Å². The summed E-state index contributed by atoms with van der Waals surface area (Å²) in [4.78, 5) is 26.0. The molecule has 2 aliphatic rings. The van der Waals surface area contributed by atoms with E-state index in [1.54, 1.807) is 6.92 Å². The van der Waals surface area contributed by atoms with Crippen LogP contribution in [0.4, 0.5) is 5.69 Å². The Hall–Kier alpha value is -1.92. The van der Waals surface area contributed by atoms with Crippen LogP contribution in [-0.4, -0.2) is 42.0 Å². The molecule has 6 heteroatoms. The maximum absolute atomic E-state index is 12.3. The van der Waals surface area contributed by atoms with E-state index in [1.165, 1.54) is 0 Å². The third-order valence-corrected chi connectivity index (χ3v) is 5.04. The summed E-state index contributed by atoms with van der Waals surface area (Å²) in [6.07, 6.45) is 3.85. The Morgan fingerprint density at radius 2 is 1.84 bits per heavy atom. The van der Waals surface area contributed by atoms with E-state index in [0.717, 1.165) is 36.9 Å². The number of amides is 2. The van der Waals surface area contributed by atoms with Gasteiger partial charge in [-0.1, -0.05) is 12.1 Å². The van der Waals surface area contributed by atoms with Crippen LogP contribution >= 0.6 is 0 Å². The lowest BCUT2D eigenvalue weighted by Crippen LogP contribution is -2.44. The number of rotatable bonds is 6. The van der Waals surface area contributed by atoms with Crippen molar-refractivity contribution in [3.8, 4) is 0 Å². The van der Waals surface area contributed by atoms with E-state index >= 15 is 0 Å². The summed E-state index contributed by atoms with van der Waals surface area (Å²) in [5.41, 5.74) is 7.89. The summed E-state index contributed by atoms with van der Waals surface area (Å²) in [7, 11) is 0. The summed E-state index contributed by atoms with van der Waals surface area (Å²) >= 11 is 0. The molecule has 1 aromatic carbocycles. The van der Waals surface area contributed by atoms with E-state index in [2.05, 4.69) is 5.32 Å². The van der Waals surface area contributed by atoms with Gasteiger partial charge in [-0.3, -0.25) is 9.59 Å². The number of benzene rings is 1. The van der Waals surface area contributed by atoms with Gasteiger partial charge in [0.2, 0.25) is 11.8 Å². The van der Waals surface area contributed by atoms with Crippen molar-refractivity contribution >= 4 is 17.5 Å². The number of anilines is 1. The highest BCUT2D eigenvalue weighted by Gasteiger charge is 2.30. The highest BCUT2D eigenvalue weighted by molar-refractivity contribution is 5.94. The second-order valence-corrected chi connectivity index (χ2v) is 7.04. The minimum absolute atomic E-state index is 0.113. The molecule has 1 aromatic rings. The van der Waals surface area contributed by atoms with Crippen LogP contribution in [0.2, 0.25) is 0 Å². The van der Waals surface area contributed by atoms with E-state index in [9.17, 15) is 9.59 Å². The van der Waals surface area contributed by atoms with Crippen LogP contribution in [0.3, 0.4) is 0 Å². The minimum atomic E-state index is -0.508. The van der Waals surface area contributed by atoms with E-state index in [4.69, 9.17) is 10.5 Å². The van der Waals surface area contributed by atoms with Crippen LogP contribution in [0.5, 0.6) is 0 Å². The second-order valence-electron chi connectivity index (χ2n) is 7.04. The summed E-state index contributed by atoms with van der Waals surface area (Å²) in [6, 6.07) is 7.53. The molecular weight excluding hydrogens is 318 g/mol. The number of nitrogens with two attached hydrogens (primary N) is 1. The average molecular weight is 345 g/mol. The Bertz CT molecular complexity index is 607. The number of ether oxygens (including phenoxy) is 1. The summed E-state index contributed by atoms with van der Waals surface area (Å²) in [6.45, 7) is 3.59. The van der Waals surface area contributed by atoms with Crippen LogP contribution in [0, 0.1) is 5.92 Å². The van der Waals surface area contributed by atoms with Crippen LogP contribution in [0.1, 0.15) is 38.2 Å². The average Bonchev–Trinajstić information content (AvgIpc) is 3.45. The van der Waals surface area contributed by atoms with Crippen molar-refractivity contribution in [1.82, 2.24) is 4.90 Å². The molecule has 0 aromatic heterocycles. The van der Waals surface area contributed by atoms with Crippen LogP contribution in [-0.2, 0) is 20.9 Å². The summed E-state index contributed by atoms with van der Waals surface area (Å²) in [5, 5.41) is 2.89. The fourth-order valence-corrected chi connectivity index (χ4v) is 3.29. The molecule has 6 nitrogen and oxygen atoms in total. The Kier molecular flexibility index (Phi) is 5.71. The van der Waals surface area contributed by atoms with E-state index < -0.39 is 6.04 Å². The molecule has 1 aliphatic carbocycles. The van der Waals surface area contributed by atoms with Crippen LogP contribution < -0.4 is 11.1 Å². The first-order valence-corrected chi connectivity index (χ1v) is 9.05. The first kappa shape index (κ1) is 17.9. The van der Waals surface area contributed by atoms with Crippen molar-refractivity contribution in [1.29, 1.82) is 0 Å². The van der Waals surface area contributed by atoms with Gasteiger partial charge in [0.25, 0.3) is 0 Å². The van der Waals surface area contributed by atoms with Crippen molar-refractivity contribution in [3.63, 3.8) is 0 Å². The van der Waals surface area contributed by atoms with Gasteiger partial charge in [0.05, 0.1) is 6.04 Å². The smallest absolute Gasteiger partial charge is 0.241 e. The van der Waals surface area contributed by atoms with Gasteiger partial charge in [0.15, 0.2) is 0 Å². The van der Waals surface area contributed by atoms with Gasteiger partial charge in [-0.25, -0.2) is 0 Å². The molecule has 1 unspecified atom stereocenters. The lowest BCUT2D eigenvalue weighted by Gasteiger charge is -2.26. The van der Waals surface area contributed by atoms with E-state index in [0.29, 0.717) is 25.8 Å². The number of nitrogens with one attached hydrogen (secondary N) is 1. The molecule has 2 amide bonds. The molecule has 0 spiro atoms. The molecule has 1 aliphatic heterocycles. The van der Waals surface area contributed by atoms with Gasteiger partial charge < -0.3 is 20.7 Å². The van der Waals surface area contributed by atoms with Crippen molar-refractivity contribution in [2.75, 3.05) is 18.5 Å². The lowest BCUT2D eigenvalue weighted by atomic mass is 9.92. The first-order chi connectivity index (χ1) is 12.0. The summed E-state index contributed by atoms with van der Waals surface area (Å²) in [5.74, 6) is 0.140. The van der Waals surface area contributed by atoms with E-state index in [1.807, 2.05) is 29.2 Å². The monoisotopic (exact) mass is 345 g/mol. The third kappa shape index (κ3) is 4.80. The number of hydrogen-bond donors (Lipinski definition) is 2. The maximum atomic E-state index is 12.3. The zero-order valence-corrected chi connectivity index (χ0v) is 14.7. The van der Waals surface area contributed by atoms with Gasteiger partial charge in [0.1, 0.15) is 0 Å². The lowest BCUT2D eigenvalue weighted by molar-refractivity contribution is -0.130. The third-order valence-electron chi connectivity index (χ3n) is 5.04. The molecular formula is C19H27N3O3. The fourth-order valence-electron chi connectivity index (χ4n) is 3.29. The standard InChI is InChI=1S/C19H27N3O3/c1-13(23)22(17-6-7-17)12-14-2-4-16(5-3-14)21-19(24)18(20)15-8-10-25-11-9-15/h2-5,15,17-18H,6-12,20H2,1H3,(H,21,24). The molecule has 0 radical (unpaired) electrons.